The maximum atomic E-state index is 10.9. The van der Waals surface area contributed by atoms with E-state index in [1.54, 1.807) is 12.1 Å². The fraction of sp³-hybridized carbons (Fsp3) is 0.105. The summed E-state index contributed by atoms with van der Waals surface area (Å²) in [4.78, 5) is 10.9. The molecule has 1 aliphatic heterocycles. The van der Waals surface area contributed by atoms with Crippen molar-refractivity contribution in [3.05, 3.63) is 83.4 Å². The normalized spacial score (nSPS) is 14.5. The number of benzene rings is 2. The van der Waals surface area contributed by atoms with E-state index in [1.165, 1.54) is 0 Å². The molecule has 2 aromatic carbocycles. The summed E-state index contributed by atoms with van der Waals surface area (Å²) in [5.41, 5.74) is 4.86. The highest BCUT2D eigenvalue weighted by molar-refractivity contribution is 5.86. The molecule has 0 bridgehead atoms. The molecule has 0 aromatic heterocycles. The third kappa shape index (κ3) is 2.66. The summed E-state index contributed by atoms with van der Waals surface area (Å²) >= 11 is 0. The minimum Gasteiger partial charge on any atom is -0.488 e. The van der Waals surface area contributed by atoms with Gasteiger partial charge in [0.15, 0.2) is 0 Å². The van der Waals surface area contributed by atoms with E-state index in [0.717, 1.165) is 33.6 Å². The molecule has 3 rings (SSSR count). The van der Waals surface area contributed by atoms with Gasteiger partial charge >= 0.3 is 5.97 Å². The van der Waals surface area contributed by atoms with Crippen LogP contribution in [0.1, 0.15) is 22.3 Å². The lowest BCUT2D eigenvalue weighted by Crippen LogP contribution is -2.01. The Morgan fingerprint density at radius 2 is 2.05 bits per heavy atom. The number of carbonyl (C=O) groups is 1. The van der Waals surface area contributed by atoms with E-state index in [2.05, 4.69) is 6.58 Å². The Labute approximate surface area is 129 Å². The summed E-state index contributed by atoms with van der Waals surface area (Å²) in [6, 6.07) is 13.6. The van der Waals surface area contributed by atoms with Crippen molar-refractivity contribution in [1.82, 2.24) is 0 Å². The van der Waals surface area contributed by atoms with E-state index in [1.807, 2.05) is 42.5 Å². The molecule has 0 saturated heterocycles. The standard InChI is InChI=1S/C19H16O3/c1-2-5-16-15-7-4-3-6-14(15)12-22-18-9-8-13(10-17(16)18)11-19(20)21/h2-10H,1,11-12H2,(H,20,21)/b16-5-. The van der Waals surface area contributed by atoms with E-state index >= 15 is 0 Å². The van der Waals surface area contributed by atoms with Crippen LogP contribution >= 0.6 is 0 Å². The third-order valence-electron chi connectivity index (χ3n) is 3.66. The van der Waals surface area contributed by atoms with E-state index < -0.39 is 5.97 Å². The number of hydrogen-bond donors (Lipinski definition) is 1. The minimum absolute atomic E-state index is 0.00367. The van der Waals surface area contributed by atoms with E-state index in [9.17, 15) is 4.79 Å². The fourth-order valence-electron chi connectivity index (χ4n) is 2.70. The van der Waals surface area contributed by atoms with Gasteiger partial charge in [-0.05, 0) is 34.4 Å². The monoisotopic (exact) mass is 292 g/mol. The van der Waals surface area contributed by atoms with Crippen LogP contribution in [-0.2, 0) is 17.8 Å². The van der Waals surface area contributed by atoms with Gasteiger partial charge in [0.2, 0.25) is 0 Å². The maximum absolute atomic E-state index is 10.9. The predicted octanol–water partition coefficient (Wildman–Crippen LogP) is 3.82. The summed E-state index contributed by atoms with van der Waals surface area (Å²) in [6.07, 6.45) is 3.68. The van der Waals surface area contributed by atoms with Gasteiger partial charge in [-0.3, -0.25) is 4.79 Å². The van der Waals surface area contributed by atoms with Crippen molar-refractivity contribution in [1.29, 1.82) is 0 Å². The Bertz CT molecular complexity index is 772. The number of allylic oxidation sites excluding steroid dienone is 2. The Morgan fingerprint density at radius 3 is 2.82 bits per heavy atom. The molecular formula is C19H16O3. The lowest BCUT2D eigenvalue weighted by Gasteiger charge is -2.11. The first kappa shape index (κ1) is 14.1. The molecule has 110 valence electrons. The van der Waals surface area contributed by atoms with Gasteiger partial charge in [-0.25, -0.2) is 0 Å². The average Bonchev–Trinajstić information content (AvgIpc) is 2.65. The average molecular weight is 292 g/mol. The van der Waals surface area contributed by atoms with Crippen molar-refractivity contribution in [3.63, 3.8) is 0 Å². The van der Waals surface area contributed by atoms with E-state index in [-0.39, 0.29) is 6.42 Å². The SMILES string of the molecule is C=C/C=C1/c2ccccc2COc2ccc(CC(=O)O)cc21. The van der Waals surface area contributed by atoms with Crippen LogP contribution in [0.5, 0.6) is 5.75 Å². The molecule has 0 saturated carbocycles. The molecule has 1 aliphatic rings. The number of fused-ring (bicyclic) bond motifs is 2. The van der Waals surface area contributed by atoms with Crippen LogP contribution in [0.4, 0.5) is 0 Å². The molecule has 3 heteroatoms. The topological polar surface area (TPSA) is 46.5 Å². The van der Waals surface area contributed by atoms with Crippen LogP contribution in [-0.4, -0.2) is 11.1 Å². The molecule has 1 heterocycles. The quantitative estimate of drug-likeness (QED) is 0.935. The van der Waals surface area contributed by atoms with Gasteiger partial charge in [-0.1, -0.05) is 49.1 Å². The molecule has 0 radical (unpaired) electrons. The largest absolute Gasteiger partial charge is 0.488 e. The highest BCUT2D eigenvalue weighted by Crippen LogP contribution is 2.37. The number of carboxylic acids is 1. The summed E-state index contributed by atoms with van der Waals surface area (Å²) in [7, 11) is 0. The predicted molar refractivity (Wildman–Crippen MR) is 85.8 cm³/mol. The highest BCUT2D eigenvalue weighted by atomic mass is 16.5. The zero-order valence-electron chi connectivity index (χ0n) is 12.1. The third-order valence-corrected chi connectivity index (χ3v) is 3.66. The lowest BCUT2D eigenvalue weighted by molar-refractivity contribution is -0.136. The first-order valence-electron chi connectivity index (χ1n) is 7.08. The van der Waals surface area contributed by atoms with Crippen LogP contribution in [0, 0.1) is 0 Å². The van der Waals surface area contributed by atoms with E-state index in [0.29, 0.717) is 6.61 Å². The molecule has 0 atom stereocenters. The molecule has 0 amide bonds. The summed E-state index contributed by atoms with van der Waals surface area (Å²) in [6.45, 7) is 4.29. The molecular weight excluding hydrogens is 276 g/mol. The minimum atomic E-state index is -0.843. The van der Waals surface area contributed by atoms with Crippen LogP contribution in [0.2, 0.25) is 0 Å². The van der Waals surface area contributed by atoms with Gasteiger partial charge in [0, 0.05) is 5.56 Å². The molecule has 3 nitrogen and oxygen atoms in total. The van der Waals surface area contributed by atoms with Crippen molar-refractivity contribution < 1.29 is 14.6 Å². The second-order valence-electron chi connectivity index (χ2n) is 5.16. The van der Waals surface area contributed by atoms with Crippen LogP contribution < -0.4 is 4.74 Å². The number of ether oxygens (including phenoxy) is 1. The molecule has 0 unspecified atom stereocenters. The van der Waals surface area contributed by atoms with Crippen LogP contribution in [0.15, 0.2) is 61.2 Å². The van der Waals surface area contributed by atoms with Gasteiger partial charge in [0.25, 0.3) is 0 Å². The van der Waals surface area contributed by atoms with Gasteiger partial charge in [0.1, 0.15) is 12.4 Å². The Kier molecular flexibility index (Phi) is 3.79. The van der Waals surface area contributed by atoms with Gasteiger partial charge < -0.3 is 9.84 Å². The summed E-state index contributed by atoms with van der Waals surface area (Å²) in [5.74, 6) is -0.0809. The second kappa shape index (κ2) is 5.90. The van der Waals surface area contributed by atoms with Gasteiger partial charge in [-0.15, -0.1) is 0 Å². The Hall–Kier alpha value is -2.81. The summed E-state index contributed by atoms with van der Waals surface area (Å²) in [5, 5.41) is 8.99. The molecule has 1 N–H and O–H groups in total. The smallest absolute Gasteiger partial charge is 0.307 e. The molecule has 0 aliphatic carbocycles. The second-order valence-corrected chi connectivity index (χ2v) is 5.16. The first-order valence-corrected chi connectivity index (χ1v) is 7.08. The Balaban J connectivity index is 2.18. The molecule has 22 heavy (non-hydrogen) atoms. The number of hydrogen-bond acceptors (Lipinski definition) is 2. The van der Waals surface area contributed by atoms with Gasteiger partial charge in [-0.2, -0.15) is 0 Å². The molecule has 2 aromatic rings. The fourth-order valence-corrected chi connectivity index (χ4v) is 2.70. The Morgan fingerprint density at radius 1 is 1.23 bits per heavy atom. The number of rotatable bonds is 3. The van der Waals surface area contributed by atoms with Crippen LogP contribution in [0.3, 0.4) is 0 Å². The zero-order valence-corrected chi connectivity index (χ0v) is 12.1. The van der Waals surface area contributed by atoms with E-state index in [4.69, 9.17) is 9.84 Å². The first-order chi connectivity index (χ1) is 10.7. The molecule has 0 spiro atoms. The van der Waals surface area contributed by atoms with Crippen LogP contribution in [0.25, 0.3) is 5.57 Å². The van der Waals surface area contributed by atoms with Crippen molar-refractivity contribution in [2.75, 3.05) is 0 Å². The van der Waals surface area contributed by atoms with Crippen molar-refractivity contribution in [3.8, 4) is 5.75 Å². The van der Waals surface area contributed by atoms with Crippen molar-refractivity contribution in [2.24, 2.45) is 0 Å². The number of aliphatic carboxylic acids is 1. The van der Waals surface area contributed by atoms with Gasteiger partial charge in [0.05, 0.1) is 6.42 Å². The maximum Gasteiger partial charge on any atom is 0.307 e. The highest BCUT2D eigenvalue weighted by Gasteiger charge is 2.19. The van der Waals surface area contributed by atoms with Crippen molar-refractivity contribution in [2.45, 2.75) is 13.0 Å². The van der Waals surface area contributed by atoms with Crippen molar-refractivity contribution >= 4 is 11.5 Å². The lowest BCUT2D eigenvalue weighted by atomic mass is 9.92. The summed E-state index contributed by atoms with van der Waals surface area (Å²) < 4.78 is 5.89. The molecule has 0 fully saturated rings. The number of carboxylic acid groups (broad SMARTS) is 1. The zero-order chi connectivity index (χ0) is 15.5.